The van der Waals surface area contributed by atoms with Gasteiger partial charge in [-0.15, -0.1) is 0 Å². The van der Waals surface area contributed by atoms with Crippen LogP contribution >= 0.6 is 0 Å². The Morgan fingerprint density at radius 3 is 2.48 bits per heavy atom. The van der Waals surface area contributed by atoms with E-state index in [0.29, 0.717) is 24.5 Å². The molecule has 27 heavy (non-hydrogen) atoms. The summed E-state index contributed by atoms with van der Waals surface area (Å²) in [5.74, 6) is 3.17. The molecule has 4 rings (SSSR count). The van der Waals surface area contributed by atoms with Crippen LogP contribution in [0.5, 0.6) is 23.0 Å². The van der Waals surface area contributed by atoms with Crippen molar-refractivity contribution in [2.75, 3.05) is 27.6 Å². The lowest BCUT2D eigenvalue weighted by Crippen LogP contribution is -2.24. The second-order valence-corrected chi connectivity index (χ2v) is 6.93. The molecule has 2 aliphatic rings. The minimum atomic E-state index is -0.767. The highest BCUT2D eigenvalue weighted by atomic mass is 16.7. The Labute approximate surface area is 158 Å². The first-order chi connectivity index (χ1) is 13.2. The molecular weight excluding hydrogens is 348 g/mol. The van der Waals surface area contributed by atoms with Gasteiger partial charge in [0.05, 0.1) is 20.8 Å². The second-order valence-electron chi connectivity index (χ2n) is 6.93. The summed E-state index contributed by atoms with van der Waals surface area (Å²) < 4.78 is 27.1. The summed E-state index contributed by atoms with van der Waals surface area (Å²) in [5.41, 5.74) is 2.23. The van der Waals surface area contributed by atoms with Crippen LogP contribution in [-0.4, -0.2) is 39.0 Å². The molecule has 6 heteroatoms. The Kier molecular flexibility index (Phi) is 5.09. The van der Waals surface area contributed by atoms with Gasteiger partial charge in [-0.05, 0) is 54.2 Å². The molecule has 0 aromatic heterocycles. The molecule has 144 valence electrons. The van der Waals surface area contributed by atoms with E-state index in [4.69, 9.17) is 23.7 Å². The van der Waals surface area contributed by atoms with Gasteiger partial charge < -0.3 is 28.8 Å². The molecule has 0 spiro atoms. The topological polar surface area (TPSA) is 66.4 Å². The van der Waals surface area contributed by atoms with Gasteiger partial charge in [0.25, 0.3) is 0 Å². The first-order valence-electron chi connectivity index (χ1n) is 9.07. The highest BCUT2D eigenvalue weighted by Gasteiger charge is 2.36. The number of aliphatic hydroxyl groups excluding tert-OH is 1. The molecular formula is C21H24O6. The van der Waals surface area contributed by atoms with Crippen LogP contribution in [-0.2, 0) is 17.6 Å². The normalized spacial score (nSPS) is 23.4. The smallest absolute Gasteiger partial charge is 0.231 e. The molecule has 3 atom stereocenters. The number of hydrogen-bond acceptors (Lipinski definition) is 6. The van der Waals surface area contributed by atoms with E-state index in [2.05, 4.69) is 0 Å². The number of methoxy groups -OCH3 is 2. The van der Waals surface area contributed by atoms with Gasteiger partial charge in [0, 0.05) is 5.92 Å². The number of fused-ring (bicyclic) bond motifs is 1. The first-order valence-corrected chi connectivity index (χ1v) is 9.07. The Morgan fingerprint density at radius 2 is 1.67 bits per heavy atom. The fraction of sp³-hybridized carbons (Fsp3) is 0.429. The molecule has 3 unspecified atom stereocenters. The summed E-state index contributed by atoms with van der Waals surface area (Å²) in [4.78, 5) is 0. The average molecular weight is 372 g/mol. The summed E-state index contributed by atoms with van der Waals surface area (Å²) in [7, 11) is 3.24. The second kappa shape index (κ2) is 7.66. The predicted molar refractivity (Wildman–Crippen MR) is 98.5 cm³/mol. The standard InChI is InChI=1S/C21H24O6/c1-23-17-5-3-14(9-19(17)24-2)8-16-15(11-25-21(16)22)7-13-4-6-18-20(10-13)27-12-26-18/h3-6,9-10,15-16,21-22H,7-8,11-12H2,1-2H3. The Balaban J connectivity index is 1.49. The van der Waals surface area contributed by atoms with Crippen LogP contribution in [0.1, 0.15) is 11.1 Å². The van der Waals surface area contributed by atoms with Gasteiger partial charge in [-0.25, -0.2) is 0 Å². The van der Waals surface area contributed by atoms with E-state index in [-0.39, 0.29) is 18.6 Å². The maximum atomic E-state index is 10.4. The van der Waals surface area contributed by atoms with Crippen molar-refractivity contribution in [2.45, 2.75) is 19.1 Å². The minimum Gasteiger partial charge on any atom is -0.493 e. The average Bonchev–Trinajstić information content (AvgIpc) is 3.29. The van der Waals surface area contributed by atoms with Gasteiger partial charge >= 0.3 is 0 Å². The van der Waals surface area contributed by atoms with Crippen molar-refractivity contribution in [1.82, 2.24) is 0 Å². The molecule has 1 N–H and O–H groups in total. The van der Waals surface area contributed by atoms with E-state index >= 15 is 0 Å². The number of hydrogen-bond donors (Lipinski definition) is 1. The summed E-state index contributed by atoms with van der Waals surface area (Å²) in [6.45, 7) is 0.805. The number of aliphatic hydroxyl groups is 1. The zero-order chi connectivity index (χ0) is 18.8. The molecule has 0 aliphatic carbocycles. The van der Waals surface area contributed by atoms with Crippen molar-refractivity contribution in [3.8, 4) is 23.0 Å². The summed E-state index contributed by atoms with van der Waals surface area (Å²) in [6.07, 6.45) is 0.750. The van der Waals surface area contributed by atoms with Crippen molar-refractivity contribution in [3.63, 3.8) is 0 Å². The molecule has 2 aromatic carbocycles. The maximum Gasteiger partial charge on any atom is 0.231 e. The molecule has 2 heterocycles. The molecule has 2 aliphatic heterocycles. The van der Waals surface area contributed by atoms with Gasteiger partial charge in [-0.2, -0.15) is 0 Å². The van der Waals surface area contributed by atoms with Crippen LogP contribution in [0, 0.1) is 11.8 Å². The number of rotatable bonds is 6. The summed E-state index contributed by atoms with van der Waals surface area (Å²) in [5, 5.41) is 10.4. The van der Waals surface area contributed by atoms with Gasteiger partial charge in [-0.1, -0.05) is 12.1 Å². The highest BCUT2D eigenvalue weighted by molar-refractivity contribution is 5.45. The zero-order valence-electron chi connectivity index (χ0n) is 15.5. The third kappa shape index (κ3) is 3.68. The van der Waals surface area contributed by atoms with Crippen LogP contribution in [0.2, 0.25) is 0 Å². The van der Waals surface area contributed by atoms with Crippen molar-refractivity contribution in [2.24, 2.45) is 11.8 Å². The van der Waals surface area contributed by atoms with E-state index in [1.54, 1.807) is 14.2 Å². The molecule has 0 saturated carbocycles. The van der Waals surface area contributed by atoms with E-state index in [1.165, 1.54) is 0 Å². The number of benzene rings is 2. The predicted octanol–water partition coefficient (Wildman–Crippen LogP) is 2.80. The fourth-order valence-corrected chi connectivity index (χ4v) is 3.83. The number of ether oxygens (including phenoxy) is 5. The SMILES string of the molecule is COc1ccc(CC2C(Cc3ccc4c(c3)OCO4)COC2O)cc1OC. The molecule has 6 nitrogen and oxygen atoms in total. The monoisotopic (exact) mass is 372 g/mol. The molecule has 0 bridgehead atoms. The van der Waals surface area contributed by atoms with Crippen molar-refractivity contribution in [3.05, 3.63) is 47.5 Å². The lowest BCUT2D eigenvalue weighted by molar-refractivity contribution is -0.0820. The maximum absolute atomic E-state index is 10.4. The molecule has 2 aromatic rings. The molecule has 0 amide bonds. The van der Waals surface area contributed by atoms with E-state index < -0.39 is 6.29 Å². The Bertz CT molecular complexity index is 805. The molecule has 1 saturated heterocycles. The van der Waals surface area contributed by atoms with E-state index in [1.807, 2.05) is 36.4 Å². The van der Waals surface area contributed by atoms with Crippen LogP contribution in [0.15, 0.2) is 36.4 Å². The highest BCUT2D eigenvalue weighted by Crippen LogP contribution is 2.37. The zero-order valence-corrected chi connectivity index (χ0v) is 15.5. The van der Waals surface area contributed by atoms with Gasteiger partial charge in [0.2, 0.25) is 6.79 Å². The van der Waals surface area contributed by atoms with Gasteiger partial charge in [-0.3, -0.25) is 0 Å². The third-order valence-corrected chi connectivity index (χ3v) is 5.31. The quantitative estimate of drug-likeness (QED) is 0.841. The van der Waals surface area contributed by atoms with Gasteiger partial charge in [0.15, 0.2) is 29.3 Å². The Hall–Kier alpha value is -2.44. The minimum absolute atomic E-state index is 0.00789. The van der Waals surface area contributed by atoms with Crippen LogP contribution in [0.25, 0.3) is 0 Å². The molecule has 0 radical (unpaired) electrons. The van der Waals surface area contributed by atoms with Crippen LogP contribution in [0.4, 0.5) is 0 Å². The third-order valence-electron chi connectivity index (χ3n) is 5.31. The van der Waals surface area contributed by atoms with Crippen molar-refractivity contribution < 1.29 is 28.8 Å². The summed E-state index contributed by atoms with van der Waals surface area (Å²) >= 11 is 0. The summed E-state index contributed by atoms with van der Waals surface area (Å²) in [6, 6.07) is 11.9. The fourth-order valence-electron chi connectivity index (χ4n) is 3.83. The lowest BCUT2D eigenvalue weighted by atomic mass is 9.84. The van der Waals surface area contributed by atoms with Crippen molar-refractivity contribution >= 4 is 0 Å². The van der Waals surface area contributed by atoms with Gasteiger partial charge in [0.1, 0.15) is 0 Å². The van der Waals surface area contributed by atoms with E-state index in [9.17, 15) is 5.11 Å². The largest absolute Gasteiger partial charge is 0.493 e. The first kappa shape index (κ1) is 17.9. The van der Waals surface area contributed by atoms with E-state index in [0.717, 1.165) is 29.0 Å². The van der Waals surface area contributed by atoms with Crippen LogP contribution < -0.4 is 18.9 Å². The lowest BCUT2D eigenvalue weighted by Gasteiger charge is -2.21. The molecule has 1 fully saturated rings. The Morgan fingerprint density at radius 1 is 0.926 bits per heavy atom. The van der Waals surface area contributed by atoms with Crippen molar-refractivity contribution in [1.29, 1.82) is 0 Å². The van der Waals surface area contributed by atoms with Crippen LogP contribution in [0.3, 0.4) is 0 Å².